The number of nitrogens with two attached hydrogens (primary N) is 1. The fourth-order valence-electron chi connectivity index (χ4n) is 3.35. The standard InChI is InChI=1S/C21H27N3O/c22-19-11-8-17(9-12-19)10-13-21(25)23-20(16-24-14-4-5-15-24)18-6-2-1-3-7-18/h1-3,6-9,11-12,20H,4-5,10,13-16,22H2,(H,23,25)/t20-/m1/s1. The number of hydrogen-bond acceptors (Lipinski definition) is 3. The molecule has 4 nitrogen and oxygen atoms in total. The highest BCUT2D eigenvalue weighted by molar-refractivity contribution is 5.76. The Morgan fingerprint density at radius 1 is 1.04 bits per heavy atom. The number of amides is 1. The number of anilines is 1. The fourth-order valence-corrected chi connectivity index (χ4v) is 3.35. The number of rotatable bonds is 7. The number of benzene rings is 2. The molecule has 0 aromatic heterocycles. The van der Waals surface area contributed by atoms with Gasteiger partial charge in [0.05, 0.1) is 6.04 Å². The van der Waals surface area contributed by atoms with Crippen LogP contribution in [0.2, 0.25) is 0 Å². The molecule has 3 rings (SSSR count). The van der Waals surface area contributed by atoms with Crippen LogP contribution in [0, 0.1) is 0 Å². The highest BCUT2D eigenvalue weighted by atomic mass is 16.1. The third-order valence-corrected chi connectivity index (χ3v) is 4.80. The molecule has 1 amide bonds. The van der Waals surface area contributed by atoms with Crippen molar-refractivity contribution in [3.63, 3.8) is 0 Å². The van der Waals surface area contributed by atoms with E-state index in [0.29, 0.717) is 6.42 Å². The first-order chi connectivity index (χ1) is 12.2. The second kappa shape index (κ2) is 8.67. The molecule has 4 heteroatoms. The van der Waals surface area contributed by atoms with E-state index in [1.54, 1.807) is 0 Å². The normalized spacial score (nSPS) is 15.8. The van der Waals surface area contributed by atoms with Gasteiger partial charge in [0.15, 0.2) is 0 Å². The van der Waals surface area contributed by atoms with Gasteiger partial charge in [-0.3, -0.25) is 4.79 Å². The molecule has 2 aromatic carbocycles. The third kappa shape index (κ3) is 5.33. The van der Waals surface area contributed by atoms with Gasteiger partial charge in [0.2, 0.25) is 5.91 Å². The highest BCUT2D eigenvalue weighted by Crippen LogP contribution is 2.18. The monoisotopic (exact) mass is 337 g/mol. The summed E-state index contributed by atoms with van der Waals surface area (Å²) in [5.41, 5.74) is 8.77. The maximum atomic E-state index is 12.5. The minimum absolute atomic E-state index is 0.0539. The molecule has 1 heterocycles. The van der Waals surface area contributed by atoms with Crippen molar-refractivity contribution in [3.05, 3.63) is 65.7 Å². The predicted octanol–water partition coefficient (Wildman–Crippen LogP) is 3.15. The number of hydrogen-bond donors (Lipinski definition) is 2. The molecule has 0 radical (unpaired) electrons. The molecule has 1 aliphatic rings. The van der Waals surface area contributed by atoms with Crippen molar-refractivity contribution in [1.82, 2.24) is 10.2 Å². The Bertz CT molecular complexity index is 663. The van der Waals surface area contributed by atoms with Gasteiger partial charge in [0, 0.05) is 18.7 Å². The average molecular weight is 337 g/mol. The third-order valence-electron chi connectivity index (χ3n) is 4.80. The molecule has 1 saturated heterocycles. The molecular weight excluding hydrogens is 310 g/mol. The second-order valence-corrected chi connectivity index (χ2v) is 6.78. The van der Waals surface area contributed by atoms with E-state index in [0.717, 1.165) is 37.3 Å². The van der Waals surface area contributed by atoms with Crippen LogP contribution in [0.25, 0.3) is 0 Å². The van der Waals surface area contributed by atoms with Crippen molar-refractivity contribution >= 4 is 11.6 Å². The summed E-state index contributed by atoms with van der Waals surface area (Å²) in [6.45, 7) is 3.15. The molecule has 0 unspecified atom stereocenters. The van der Waals surface area contributed by atoms with E-state index in [-0.39, 0.29) is 11.9 Å². The van der Waals surface area contributed by atoms with E-state index in [9.17, 15) is 4.79 Å². The molecule has 3 N–H and O–H groups in total. The van der Waals surface area contributed by atoms with E-state index in [1.165, 1.54) is 18.4 Å². The predicted molar refractivity (Wildman–Crippen MR) is 102 cm³/mol. The van der Waals surface area contributed by atoms with Crippen LogP contribution in [0.1, 0.15) is 36.4 Å². The van der Waals surface area contributed by atoms with Crippen LogP contribution < -0.4 is 11.1 Å². The van der Waals surface area contributed by atoms with Crippen molar-refractivity contribution in [3.8, 4) is 0 Å². The number of nitrogens with one attached hydrogen (secondary N) is 1. The number of aryl methyl sites for hydroxylation is 1. The van der Waals surface area contributed by atoms with E-state index in [1.807, 2.05) is 42.5 Å². The summed E-state index contributed by atoms with van der Waals surface area (Å²) >= 11 is 0. The molecule has 25 heavy (non-hydrogen) atoms. The zero-order valence-electron chi connectivity index (χ0n) is 14.7. The Morgan fingerprint density at radius 3 is 2.40 bits per heavy atom. The molecule has 2 aromatic rings. The molecule has 0 bridgehead atoms. The number of carbonyl (C=O) groups is 1. The lowest BCUT2D eigenvalue weighted by Gasteiger charge is -2.25. The van der Waals surface area contributed by atoms with Gasteiger partial charge in [-0.25, -0.2) is 0 Å². The second-order valence-electron chi connectivity index (χ2n) is 6.78. The van der Waals surface area contributed by atoms with E-state index in [2.05, 4.69) is 22.3 Å². The largest absolute Gasteiger partial charge is 0.399 e. The maximum absolute atomic E-state index is 12.5. The van der Waals surface area contributed by atoms with Crippen LogP contribution in [0.15, 0.2) is 54.6 Å². The Morgan fingerprint density at radius 2 is 1.72 bits per heavy atom. The first-order valence-electron chi connectivity index (χ1n) is 9.12. The zero-order valence-corrected chi connectivity index (χ0v) is 14.7. The average Bonchev–Trinajstić information content (AvgIpc) is 3.15. The number of likely N-dealkylation sites (tertiary alicyclic amines) is 1. The lowest BCUT2D eigenvalue weighted by atomic mass is 10.1. The maximum Gasteiger partial charge on any atom is 0.220 e. The zero-order chi connectivity index (χ0) is 17.5. The first kappa shape index (κ1) is 17.5. The summed E-state index contributed by atoms with van der Waals surface area (Å²) in [5.74, 6) is 0.102. The van der Waals surface area contributed by atoms with Gasteiger partial charge in [-0.2, -0.15) is 0 Å². The Balaban J connectivity index is 1.58. The fraction of sp³-hybridized carbons (Fsp3) is 0.381. The summed E-state index contributed by atoms with van der Waals surface area (Å²) in [4.78, 5) is 14.9. The first-order valence-corrected chi connectivity index (χ1v) is 9.12. The summed E-state index contributed by atoms with van der Waals surface area (Å²) in [7, 11) is 0. The number of carbonyl (C=O) groups excluding carboxylic acids is 1. The van der Waals surface area contributed by atoms with Gasteiger partial charge >= 0.3 is 0 Å². The molecule has 0 aliphatic carbocycles. The van der Waals surface area contributed by atoms with Crippen LogP contribution in [0.5, 0.6) is 0 Å². The van der Waals surface area contributed by atoms with Crippen LogP contribution in [-0.2, 0) is 11.2 Å². The lowest BCUT2D eigenvalue weighted by Crippen LogP contribution is -2.37. The topological polar surface area (TPSA) is 58.4 Å². The smallest absolute Gasteiger partial charge is 0.220 e. The van der Waals surface area contributed by atoms with Crippen LogP contribution >= 0.6 is 0 Å². The lowest BCUT2D eigenvalue weighted by molar-refractivity contribution is -0.121. The molecule has 1 atom stereocenters. The van der Waals surface area contributed by atoms with Gasteiger partial charge in [-0.1, -0.05) is 42.5 Å². The van der Waals surface area contributed by atoms with Crippen molar-refractivity contribution in [2.24, 2.45) is 0 Å². The van der Waals surface area contributed by atoms with Crippen LogP contribution in [-0.4, -0.2) is 30.4 Å². The Kier molecular flexibility index (Phi) is 6.07. The quantitative estimate of drug-likeness (QED) is 0.763. The summed E-state index contributed by atoms with van der Waals surface area (Å²) in [6, 6.07) is 18.1. The van der Waals surface area contributed by atoms with E-state index in [4.69, 9.17) is 5.73 Å². The minimum Gasteiger partial charge on any atom is -0.399 e. The van der Waals surface area contributed by atoms with Gasteiger partial charge in [-0.15, -0.1) is 0 Å². The van der Waals surface area contributed by atoms with Crippen molar-refractivity contribution in [2.75, 3.05) is 25.4 Å². The van der Waals surface area contributed by atoms with Crippen molar-refractivity contribution in [2.45, 2.75) is 31.7 Å². The summed E-state index contributed by atoms with van der Waals surface area (Å²) < 4.78 is 0. The van der Waals surface area contributed by atoms with Crippen LogP contribution in [0.4, 0.5) is 5.69 Å². The molecule has 1 aliphatic heterocycles. The van der Waals surface area contributed by atoms with Crippen molar-refractivity contribution < 1.29 is 4.79 Å². The summed E-state index contributed by atoms with van der Waals surface area (Å²) in [6.07, 6.45) is 3.74. The number of nitrogens with zero attached hydrogens (tertiary/aromatic N) is 1. The molecule has 0 saturated carbocycles. The van der Waals surface area contributed by atoms with Crippen LogP contribution in [0.3, 0.4) is 0 Å². The highest BCUT2D eigenvalue weighted by Gasteiger charge is 2.20. The van der Waals surface area contributed by atoms with E-state index >= 15 is 0 Å². The van der Waals surface area contributed by atoms with E-state index < -0.39 is 0 Å². The molecule has 132 valence electrons. The summed E-state index contributed by atoms with van der Waals surface area (Å²) in [5, 5.41) is 3.24. The minimum atomic E-state index is 0.0539. The van der Waals surface area contributed by atoms with Gasteiger partial charge in [0.1, 0.15) is 0 Å². The molecule has 0 spiro atoms. The van der Waals surface area contributed by atoms with Gasteiger partial charge in [0.25, 0.3) is 0 Å². The Labute approximate surface area is 150 Å². The SMILES string of the molecule is Nc1ccc(CCC(=O)N[C@H](CN2CCCC2)c2ccccc2)cc1. The molecular formula is C21H27N3O. The molecule has 1 fully saturated rings. The number of nitrogen functional groups attached to an aromatic ring is 1. The van der Waals surface area contributed by atoms with Gasteiger partial charge in [-0.05, 0) is 55.6 Å². The Hall–Kier alpha value is -2.33. The van der Waals surface area contributed by atoms with Crippen molar-refractivity contribution in [1.29, 1.82) is 0 Å². The van der Waals surface area contributed by atoms with Gasteiger partial charge < -0.3 is 16.0 Å².